The van der Waals surface area contributed by atoms with Crippen LogP contribution in [0.1, 0.15) is 25.6 Å². The molecule has 2 rings (SSSR count). The zero-order chi connectivity index (χ0) is 15.4. The Labute approximate surface area is 132 Å². The van der Waals surface area contributed by atoms with E-state index in [0.717, 1.165) is 21.1 Å². The van der Waals surface area contributed by atoms with Gasteiger partial charge in [0.1, 0.15) is 0 Å². The second kappa shape index (κ2) is 6.95. The van der Waals surface area contributed by atoms with Crippen LogP contribution in [-0.4, -0.2) is 40.7 Å². The van der Waals surface area contributed by atoms with Gasteiger partial charge in [0.2, 0.25) is 0 Å². The van der Waals surface area contributed by atoms with Crippen molar-refractivity contribution in [3.63, 3.8) is 0 Å². The Hall–Kier alpha value is -1.53. The average Bonchev–Trinajstić information content (AvgIpc) is 2.86. The molecular weight excluding hydrogens is 334 g/mol. The van der Waals surface area contributed by atoms with Crippen LogP contribution in [0.4, 0.5) is 4.79 Å². The van der Waals surface area contributed by atoms with Crippen LogP contribution in [0.5, 0.6) is 0 Å². The van der Waals surface area contributed by atoms with Crippen LogP contribution in [0.3, 0.4) is 0 Å². The molecule has 1 amide bonds. The lowest BCUT2D eigenvalue weighted by Crippen LogP contribution is -2.36. The zero-order valence-electron chi connectivity index (χ0n) is 12.2. The maximum atomic E-state index is 10.9. The first kappa shape index (κ1) is 15.9. The van der Waals surface area contributed by atoms with E-state index in [2.05, 4.69) is 45.3 Å². The topological polar surface area (TPSA) is 68.4 Å². The van der Waals surface area contributed by atoms with E-state index in [-0.39, 0.29) is 6.04 Å². The van der Waals surface area contributed by atoms with E-state index in [1.54, 1.807) is 0 Å². The van der Waals surface area contributed by atoms with Crippen LogP contribution in [0, 0.1) is 0 Å². The molecule has 0 aliphatic heterocycles. The van der Waals surface area contributed by atoms with Crippen molar-refractivity contribution in [1.82, 2.24) is 15.2 Å². The molecule has 0 bridgehead atoms. The Balaban J connectivity index is 1.95. The molecule has 1 aromatic heterocycles. The molecule has 0 spiro atoms. The largest absolute Gasteiger partial charge is 0.465 e. The van der Waals surface area contributed by atoms with E-state index in [1.165, 1.54) is 4.90 Å². The average molecular weight is 354 g/mol. The predicted octanol–water partition coefficient (Wildman–Crippen LogP) is 3.58. The normalized spacial score (nSPS) is 12.5. The first-order valence-corrected chi connectivity index (χ1v) is 7.80. The smallest absolute Gasteiger partial charge is 0.407 e. The van der Waals surface area contributed by atoms with Gasteiger partial charge in [-0.05, 0) is 38.1 Å². The molecule has 5 nitrogen and oxygen atoms in total. The highest BCUT2D eigenvalue weighted by molar-refractivity contribution is 9.10. The number of H-pyrrole nitrogens is 1. The Morgan fingerprint density at radius 3 is 2.90 bits per heavy atom. The molecule has 3 N–H and O–H groups in total. The van der Waals surface area contributed by atoms with E-state index in [0.29, 0.717) is 19.6 Å². The first-order valence-electron chi connectivity index (χ1n) is 7.00. The maximum absolute atomic E-state index is 10.9. The summed E-state index contributed by atoms with van der Waals surface area (Å²) < 4.78 is 1.06. The van der Waals surface area contributed by atoms with E-state index < -0.39 is 6.09 Å². The molecule has 0 saturated heterocycles. The van der Waals surface area contributed by atoms with Gasteiger partial charge in [-0.1, -0.05) is 15.9 Å². The Kier molecular flexibility index (Phi) is 5.25. The van der Waals surface area contributed by atoms with Crippen LogP contribution in [0.2, 0.25) is 0 Å². The van der Waals surface area contributed by atoms with E-state index in [1.807, 2.05) is 19.1 Å². The minimum atomic E-state index is -0.873. The van der Waals surface area contributed by atoms with Gasteiger partial charge in [0, 0.05) is 46.7 Å². The Morgan fingerprint density at radius 2 is 2.24 bits per heavy atom. The van der Waals surface area contributed by atoms with Crippen LogP contribution < -0.4 is 5.32 Å². The summed E-state index contributed by atoms with van der Waals surface area (Å²) in [7, 11) is 0. The standard InChI is InChI=1S/C15H20BrN3O2/c1-3-19(15(20)21)7-6-17-10(2)14-9-11-8-12(16)4-5-13(11)18-14/h4-5,8-10,17-18H,3,6-7H2,1-2H3,(H,20,21). The van der Waals surface area contributed by atoms with Crippen molar-refractivity contribution >= 4 is 32.9 Å². The van der Waals surface area contributed by atoms with Crippen LogP contribution >= 0.6 is 15.9 Å². The van der Waals surface area contributed by atoms with Crippen LogP contribution in [0.15, 0.2) is 28.7 Å². The minimum Gasteiger partial charge on any atom is -0.465 e. The third kappa shape index (κ3) is 3.98. The summed E-state index contributed by atoms with van der Waals surface area (Å²) in [6, 6.07) is 8.38. The van der Waals surface area contributed by atoms with Crippen LogP contribution in [-0.2, 0) is 0 Å². The van der Waals surface area contributed by atoms with E-state index in [9.17, 15) is 4.79 Å². The number of likely N-dealkylation sites (N-methyl/N-ethyl adjacent to an activating group) is 1. The SMILES string of the molecule is CCN(CCNC(C)c1cc2cc(Br)ccc2[nH]1)C(=O)O. The van der Waals surface area contributed by atoms with Crippen molar-refractivity contribution in [3.05, 3.63) is 34.4 Å². The highest BCUT2D eigenvalue weighted by Gasteiger charge is 2.11. The molecule has 2 aromatic rings. The lowest BCUT2D eigenvalue weighted by atomic mass is 10.2. The van der Waals surface area contributed by atoms with Gasteiger partial charge in [-0.25, -0.2) is 4.79 Å². The summed E-state index contributed by atoms with van der Waals surface area (Å²) in [4.78, 5) is 15.7. The van der Waals surface area contributed by atoms with Crippen LogP contribution in [0.25, 0.3) is 10.9 Å². The number of amides is 1. The molecule has 21 heavy (non-hydrogen) atoms. The third-order valence-corrected chi connectivity index (χ3v) is 4.05. The molecule has 0 saturated carbocycles. The number of aromatic nitrogens is 1. The van der Waals surface area contributed by atoms with E-state index >= 15 is 0 Å². The van der Waals surface area contributed by atoms with Gasteiger partial charge in [-0.2, -0.15) is 0 Å². The zero-order valence-corrected chi connectivity index (χ0v) is 13.8. The number of aromatic amines is 1. The van der Waals surface area contributed by atoms with E-state index in [4.69, 9.17) is 5.11 Å². The van der Waals surface area contributed by atoms with Gasteiger partial charge in [0.15, 0.2) is 0 Å². The van der Waals surface area contributed by atoms with Crippen molar-refractivity contribution in [3.8, 4) is 0 Å². The lowest BCUT2D eigenvalue weighted by Gasteiger charge is -2.19. The number of hydrogen-bond acceptors (Lipinski definition) is 2. The first-order chi connectivity index (χ1) is 10.0. The summed E-state index contributed by atoms with van der Waals surface area (Å²) in [6.45, 7) is 5.53. The van der Waals surface area contributed by atoms with Crippen molar-refractivity contribution in [2.45, 2.75) is 19.9 Å². The second-order valence-corrected chi connectivity index (χ2v) is 5.91. The lowest BCUT2D eigenvalue weighted by molar-refractivity contribution is 0.147. The highest BCUT2D eigenvalue weighted by atomic mass is 79.9. The van der Waals surface area contributed by atoms with Gasteiger partial charge in [-0.15, -0.1) is 0 Å². The number of hydrogen-bond donors (Lipinski definition) is 3. The molecule has 0 aliphatic rings. The number of benzene rings is 1. The molecule has 1 aromatic carbocycles. The number of halogens is 1. The monoisotopic (exact) mass is 353 g/mol. The fourth-order valence-electron chi connectivity index (χ4n) is 2.27. The number of nitrogens with one attached hydrogen (secondary N) is 2. The molecule has 0 radical (unpaired) electrons. The molecule has 1 heterocycles. The maximum Gasteiger partial charge on any atom is 0.407 e. The molecule has 1 unspecified atom stereocenters. The quantitative estimate of drug-likeness (QED) is 0.743. The van der Waals surface area contributed by atoms with Gasteiger partial charge in [0.25, 0.3) is 0 Å². The molecule has 0 aliphatic carbocycles. The second-order valence-electron chi connectivity index (χ2n) is 4.99. The fourth-order valence-corrected chi connectivity index (χ4v) is 2.65. The van der Waals surface area contributed by atoms with Crippen molar-refractivity contribution < 1.29 is 9.90 Å². The predicted molar refractivity (Wildman–Crippen MR) is 87.7 cm³/mol. The summed E-state index contributed by atoms with van der Waals surface area (Å²) in [5.41, 5.74) is 2.20. The van der Waals surface area contributed by atoms with Gasteiger partial charge >= 0.3 is 6.09 Å². The van der Waals surface area contributed by atoms with Crippen molar-refractivity contribution in [2.24, 2.45) is 0 Å². The number of carbonyl (C=O) groups is 1. The Morgan fingerprint density at radius 1 is 1.48 bits per heavy atom. The molecule has 6 heteroatoms. The number of rotatable bonds is 6. The number of nitrogens with zero attached hydrogens (tertiary/aromatic N) is 1. The number of fused-ring (bicyclic) bond motifs is 1. The summed E-state index contributed by atoms with van der Waals surface area (Å²) in [5, 5.41) is 13.5. The molecule has 114 valence electrons. The van der Waals surface area contributed by atoms with Gasteiger partial charge < -0.3 is 20.3 Å². The van der Waals surface area contributed by atoms with Gasteiger partial charge in [0.05, 0.1) is 0 Å². The highest BCUT2D eigenvalue weighted by Crippen LogP contribution is 2.23. The minimum absolute atomic E-state index is 0.142. The molecule has 0 fully saturated rings. The van der Waals surface area contributed by atoms with Crippen molar-refractivity contribution in [2.75, 3.05) is 19.6 Å². The molecule has 1 atom stereocenters. The summed E-state index contributed by atoms with van der Waals surface area (Å²) in [5.74, 6) is 0. The number of carboxylic acid groups (broad SMARTS) is 1. The molecular formula is C15H20BrN3O2. The fraction of sp³-hybridized carbons (Fsp3) is 0.400. The van der Waals surface area contributed by atoms with Gasteiger partial charge in [-0.3, -0.25) is 0 Å². The summed E-state index contributed by atoms with van der Waals surface area (Å²) in [6.07, 6.45) is -0.873. The van der Waals surface area contributed by atoms with Crippen molar-refractivity contribution in [1.29, 1.82) is 0 Å². The third-order valence-electron chi connectivity index (χ3n) is 3.55. The summed E-state index contributed by atoms with van der Waals surface area (Å²) >= 11 is 3.47. The Bertz CT molecular complexity index is 626.